The molecular formula is C30H41N7O14S2. The first-order chi connectivity index (χ1) is 24.2. The molecule has 1 aliphatic rings. The molecular weight excluding hydrogens is 746 g/mol. The standard InChI is InChI=1S/C30H41N7O14S2/c1-28(2,3)49-24(42)30(7,8)51-35-22(17-14-52-26(33-17)34-27(44)50-29(4,5)6)20(39)10-16-18(37(23(16)41)53(46,47)48)12-32-25(43)31-11-15-9-19(38)21(40)13-36(15)45/h9,13-14,16,18,40,45H,10-12H2,1-8H3,(H2,31,32,43)(H,33,34,44)(H,46,47,48)/b35-22-/t16-,18+/m0/s1. The van der Waals surface area contributed by atoms with Crippen LogP contribution in [0.25, 0.3) is 0 Å². The van der Waals surface area contributed by atoms with Crippen molar-refractivity contribution in [1.82, 2.24) is 24.7 Å². The Labute approximate surface area is 307 Å². The summed E-state index contributed by atoms with van der Waals surface area (Å²) in [5.74, 6) is -5.19. The SMILES string of the molecule is CC(C)(C)OC(=O)Nc1nc(/C(=N/OC(C)(C)C(=O)OC(C)(C)C)C(=O)C[C@@H]2C(=O)N(S(=O)(=O)O)[C@@H]2CNC(=O)NCc2cc(=O)c(O)cn2O)cs1. The molecule has 0 bridgehead atoms. The van der Waals surface area contributed by atoms with E-state index in [-0.39, 0.29) is 20.8 Å². The lowest BCUT2D eigenvalue weighted by atomic mass is 9.84. The Balaban J connectivity index is 1.86. The number of Topliss-reactive ketones (excluding diaryl/α,β-unsaturated/α-hetero) is 1. The third-order valence-corrected chi connectivity index (χ3v) is 8.52. The zero-order chi connectivity index (χ0) is 40.3. The number of rotatable bonds is 13. The molecule has 0 unspecified atom stereocenters. The Bertz CT molecular complexity index is 1960. The molecule has 2 aromatic rings. The minimum atomic E-state index is -5.16. The van der Waals surface area contributed by atoms with Crippen LogP contribution in [0.15, 0.2) is 27.6 Å². The molecule has 0 aromatic carbocycles. The van der Waals surface area contributed by atoms with E-state index in [0.717, 1.165) is 17.4 Å². The van der Waals surface area contributed by atoms with Crippen molar-refractivity contribution in [2.75, 3.05) is 11.9 Å². The minimum Gasteiger partial charge on any atom is -0.503 e. The molecule has 0 saturated carbocycles. The van der Waals surface area contributed by atoms with Crippen molar-refractivity contribution in [3.05, 3.63) is 39.3 Å². The number of urea groups is 1. The lowest BCUT2D eigenvalue weighted by molar-refractivity contribution is -0.179. The van der Waals surface area contributed by atoms with Crippen LogP contribution in [-0.4, -0.2) is 102 Å². The molecule has 2 atom stereocenters. The minimum absolute atomic E-state index is 0.0305. The van der Waals surface area contributed by atoms with Crippen LogP contribution < -0.4 is 21.4 Å². The number of aromatic hydroxyl groups is 1. The van der Waals surface area contributed by atoms with Crippen LogP contribution in [0.4, 0.5) is 14.7 Å². The number of pyridine rings is 1. The molecule has 292 valence electrons. The average Bonchev–Trinajstić information content (AvgIpc) is 3.43. The number of ether oxygens (including phenoxy) is 2. The molecule has 0 radical (unpaired) electrons. The summed E-state index contributed by atoms with van der Waals surface area (Å²) in [4.78, 5) is 85.7. The monoisotopic (exact) mass is 787 g/mol. The van der Waals surface area contributed by atoms with E-state index in [1.165, 1.54) is 19.2 Å². The summed E-state index contributed by atoms with van der Waals surface area (Å²) in [5, 5.41) is 31.4. The number of ketones is 1. The van der Waals surface area contributed by atoms with Crippen LogP contribution in [0.2, 0.25) is 0 Å². The number of nitrogens with one attached hydrogen (secondary N) is 3. The summed E-state index contributed by atoms with van der Waals surface area (Å²) in [5.41, 5.74) is -5.20. The summed E-state index contributed by atoms with van der Waals surface area (Å²) < 4.78 is 44.8. The Kier molecular flexibility index (Phi) is 12.5. The molecule has 2 aromatic heterocycles. The van der Waals surface area contributed by atoms with Gasteiger partial charge < -0.3 is 35.3 Å². The van der Waals surface area contributed by atoms with E-state index in [9.17, 15) is 52.1 Å². The molecule has 21 nitrogen and oxygen atoms in total. The van der Waals surface area contributed by atoms with Gasteiger partial charge in [-0.25, -0.2) is 23.7 Å². The fourth-order valence-electron chi connectivity index (χ4n) is 4.39. The zero-order valence-corrected chi connectivity index (χ0v) is 31.6. The van der Waals surface area contributed by atoms with Gasteiger partial charge in [0.05, 0.1) is 30.4 Å². The number of nitrogens with zero attached hydrogens (tertiary/aromatic N) is 4. The van der Waals surface area contributed by atoms with E-state index in [0.29, 0.717) is 10.9 Å². The topological polar surface area (TPSA) is 294 Å². The summed E-state index contributed by atoms with van der Waals surface area (Å²) in [6.45, 7) is 11.4. The average molecular weight is 788 g/mol. The van der Waals surface area contributed by atoms with Crippen molar-refractivity contribution in [3.8, 4) is 5.75 Å². The number of esters is 1. The maximum absolute atomic E-state index is 13.8. The predicted molar refractivity (Wildman–Crippen MR) is 185 cm³/mol. The van der Waals surface area contributed by atoms with Gasteiger partial charge in [0.1, 0.15) is 16.9 Å². The summed E-state index contributed by atoms with van der Waals surface area (Å²) >= 11 is 0.865. The van der Waals surface area contributed by atoms with Gasteiger partial charge in [0.25, 0.3) is 0 Å². The van der Waals surface area contributed by atoms with Crippen molar-refractivity contribution in [3.63, 3.8) is 0 Å². The smallest absolute Gasteiger partial charge is 0.413 e. The van der Waals surface area contributed by atoms with Crippen molar-refractivity contribution in [2.45, 2.75) is 91.2 Å². The molecule has 0 spiro atoms. The van der Waals surface area contributed by atoms with E-state index in [1.54, 1.807) is 41.5 Å². The number of β-lactam (4-membered cyclic amide) rings is 1. The number of oxime groups is 1. The van der Waals surface area contributed by atoms with E-state index in [1.807, 2.05) is 0 Å². The number of thiazole rings is 1. The highest BCUT2D eigenvalue weighted by Gasteiger charge is 2.54. The first kappa shape index (κ1) is 42.1. The molecule has 6 N–H and O–H groups in total. The third kappa shape index (κ3) is 11.6. The number of aromatic nitrogens is 2. The highest BCUT2D eigenvalue weighted by atomic mass is 32.2. The van der Waals surface area contributed by atoms with Crippen molar-refractivity contribution in [1.29, 1.82) is 0 Å². The Morgan fingerprint density at radius 2 is 1.64 bits per heavy atom. The van der Waals surface area contributed by atoms with Gasteiger partial charge in [-0.05, 0) is 55.4 Å². The molecule has 1 fully saturated rings. The molecule has 1 saturated heterocycles. The van der Waals surface area contributed by atoms with Crippen LogP contribution in [-0.2, 0) is 45.5 Å². The summed E-state index contributed by atoms with van der Waals surface area (Å²) in [6, 6.07) is -1.62. The molecule has 3 rings (SSSR count). The second kappa shape index (κ2) is 15.8. The molecule has 23 heteroatoms. The number of carbonyl (C=O) groups excluding carboxylic acids is 5. The Morgan fingerprint density at radius 1 is 1.02 bits per heavy atom. The molecule has 3 heterocycles. The van der Waals surface area contributed by atoms with Crippen LogP contribution >= 0.6 is 11.3 Å². The Morgan fingerprint density at radius 3 is 2.23 bits per heavy atom. The number of hydrogen-bond donors (Lipinski definition) is 6. The quantitative estimate of drug-likeness (QED) is 0.0419. The normalized spacial score (nSPS) is 16.7. The molecule has 0 aliphatic carbocycles. The highest BCUT2D eigenvalue weighted by molar-refractivity contribution is 7.84. The zero-order valence-electron chi connectivity index (χ0n) is 29.9. The van der Waals surface area contributed by atoms with Gasteiger partial charge in [-0.1, -0.05) is 5.16 Å². The van der Waals surface area contributed by atoms with E-state index < -0.39 is 105 Å². The summed E-state index contributed by atoms with van der Waals surface area (Å²) in [7, 11) is -5.16. The van der Waals surface area contributed by atoms with Crippen LogP contribution in [0, 0.1) is 5.92 Å². The molecule has 1 aliphatic heterocycles. The number of carbonyl (C=O) groups is 5. The van der Waals surface area contributed by atoms with Gasteiger partial charge in [0, 0.05) is 24.4 Å². The molecule has 53 heavy (non-hydrogen) atoms. The number of hydrogen-bond acceptors (Lipinski definition) is 16. The van der Waals surface area contributed by atoms with Crippen LogP contribution in [0.3, 0.4) is 0 Å². The lowest BCUT2D eigenvalue weighted by Crippen LogP contribution is -2.66. The van der Waals surface area contributed by atoms with Gasteiger partial charge in [0.15, 0.2) is 22.4 Å². The predicted octanol–water partition coefficient (Wildman–Crippen LogP) is 1.52. The Hall–Kier alpha value is -5.29. The number of anilines is 1. The van der Waals surface area contributed by atoms with Gasteiger partial charge in [0.2, 0.25) is 16.9 Å². The fraction of sp³-hybridized carbons (Fsp3) is 0.533. The summed E-state index contributed by atoms with van der Waals surface area (Å²) in [6.07, 6.45) is -0.914. The van der Waals surface area contributed by atoms with Crippen molar-refractivity contribution >= 4 is 62.3 Å². The third-order valence-electron chi connectivity index (χ3n) is 6.82. The van der Waals surface area contributed by atoms with Gasteiger partial charge in [-0.15, -0.1) is 11.3 Å². The largest absolute Gasteiger partial charge is 0.503 e. The van der Waals surface area contributed by atoms with E-state index >= 15 is 0 Å². The second-order valence-electron chi connectivity index (χ2n) is 14.0. The van der Waals surface area contributed by atoms with Crippen LogP contribution in [0.1, 0.15) is 73.2 Å². The van der Waals surface area contributed by atoms with Crippen molar-refractivity contribution < 1.29 is 61.6 Å². The highest BCUT2D eigenvalue weighted by Crippen LogP contribution is 2.33. The van der Waals surface area contributed by atoms with Gasteiger partial charge >= 0.3 is 28.4 Å². The maximum atomic E-state index is 13.8. The maximum Gasteiger partial charge on any atom is 0.413 e. The lowest BCUT2D eigenvalue weighted by Gasteiger charge is -2.44. The van der Waals surface area contributed by atoms with Gasteiger partial charge in [-0.2, -0.15) is 13.1 Å². The molecule has 4 amide bonds. The van der Waals surface area contributed by atoms with E-state index in [2.05, 4.69) is 26.1 Å². The van der Waals surface area contributed by atoms with Gasteiger partial charge in [-0.3, -0.25) is 24.3 Å². The fourth-order valence-corrected chi connectivity index (χ4v) is 6.00. The number of amides is 4. The van der Waals surface area contributed by atoms with Crippen molar-refractivity contribution in [2.24, 2.45) is 11.1 Å². The second-order valence-corrected chi connectivity index (χ2v) is 16.2. The first-order valence-electron chi connectivity index (χ1n) is 15.6. The van der Waals surface area contributed by atoms with E-state index in [4.69, 9.17) is 14.3 Å². The first-order valence-corrected chi connectivity index (χ1v) is 17.9. The van der Waals surface area contributed by atoms with Crippen LogP contribution in [0.5, 0.6) is 5.75 Å².